The normalized spacial score (nSPS) is 13.0. The van der Waals surface area contributed by atoms with E-state index in [1.165, 1.54) is 5.56 Å². The fourth-order valence-electron chi connectivity index (χ4n) is 2.85. The minimum atomic E-state index is 0.279. The molecule has 4 rings (SSSR count). The van der Waals surface area contributed by atoms with Gasteiger partial charge in [-0.1, -0.05) is 19.1 Å². The van der Waals surface area contributed by atoms with E-state index in [0.717, 1.165) is 46.9 Å². The van der Waals surface area contributed by atoms with Crippen molar-refractivity contribution >= 4 is 11.0 Å². The van der Waals surface area contributed by atoms with Gasteiger partial charge in [-0.15, -0.1) is 0 Å². The van der Waals surface area contributed by atoms with Crippen LogP contribution in [0.3, 0.4) is 0 Å². The number of ether oxygens (including phenoxy) is 2. The highest BCUT2D eigenvalue weighted by Crippen LogP contribution is 2.37. The molecule has 0 fully saturated rings. The number of aryl methyl sites for hydroxylation is 1. The number of rotatable bonds is 3. The van der Waals surface area contributed by atoms with Crippen molar-refractivity contribution in [2.75, 3.05) is 6.79 Å². The van der Waals surface area contributed by atoms with E-state index in [2.05, 4.69) is 42.7 Å². The summed E-state index contributed by atoms with van der Waals surface area (Å²) in [5, 5.41) is 0. The van der Waals surface area contributed by atoms with Gasteiger partial charge in [0.05, 0.1) is 11.0 Å². The van der Waals surface area contributed by atoms with Gasteiger partial charge in [0.1, 0.15) is 5.82 Å². The second kappa shape index (κ2) is 5.05. The number of hydrogen-bond acceptors (Lipinski definition) is 3. The Morgan fingerprint density at radius 3 is 2.55 bits per heavy atom. The zero-order valence-corrected chi connectivity index (χ0v) is 12.5. The van der Waals surface area contributed by atoms with Crippen molar-refractivity contribution in [2.24, 2.45) is 0 Å². The van der Waals surface area contributed by atoms with Crippen molar-refractivity contribution in [3.63, 3.8) is 0 Å². The van der Waals surface area contributed by atoms with E-state index in [4.69, 9.17) is 14.5 Å². The van der Waals surface area contributed by atoms with Crippen molar-refractivity contribution in [3.05, 3.63) is 54.7 Å². The predicted molar refractivity (Wildman–Crippen MR) is 85.6 cm³/mol. The van der Waals surface area contributed by atoms with Crippen LogP contribution in [0, 0.1) is 6.92 Å². The lowest BCUT2D eigenvalue weighted by Crippen LogP contribution is -2.00. The van der Waals surface area contributed by atoms with Crippen molar-refractivity contribution in [3.8, 4) is 17.2 Å². The third-order valence-electron chi connectivity index (χ3n) is 4.02. The van der Waals surface area contributed by atoms with Crippen LogP contribution in [0.5, 0.6) is 11.5 Å². The third-order valence-corrected chi connectivity index (χ3v) is 4.02. The molecule has 1 aliphatic heterocycles. The Hall–Kier alpha value is -2.49. The van der Waals surface area contributed by atoms with E-state index in [9.17, 15) is 0 Å². The van der Waals surface area contributed by atoms with Gasteiger partial charge >= 0.3 is 0 Å². The van der Waals surface area contributed by atoms with E-state index in [1.807, 2.05) is 12.1 Å². The van der Waals surface area contributed by atoms with Gasteiger partial charge < -0.3 is 9.47 Å². The van der Waals surface area contributed by atoms with Crippen molar-refractivity contribution in [2.45, 2.75) is 19.8 Å². The lowest BCUT2D eigenvalue weighted by atomic mass is 10.1. The molecule has 3 aromatic rings. The first-order valence-corrected chi connectivity index (χ1v) is 7.49. The molecule has 0 aliphatic carbocycles. The minimum absolute atomic E-state index is 0.279. The second-order valence-corrected chi connectivity index (χ2v) is 5.33. The van der Waals surface area contributed by atoms with E-state index in [1.54, 1.807) is 0 Å². The molecule has 0 spiro atoms. The fraction of sp³-hybridized carbons (Fsp3) is 0.222. The standard InChI is InChI=1S/C18H17N2O2/c1-3-12-5-7-13(8-6-12)20-15-10-17-16(21-11-22-17)9-14(15)19-18(20)4-2/h5-10H,1,3-4,11H2,2H3. The average molecular weight is 293 g/mol. The summed E-state index contributed by atoms with van der Waals surface area (Å²) in [5.74, 6) is 2.58. The summed E-state index contributed by atoms with van der Waals surface area (Å²) in [6.45, 7) is 6.31. The Bertz CT molecular complexity index is 834. The maximum atomic E-state index is 5.51. The van der Waals surface area contributed by atoms with Crippen LogP contribution < -0.4 is 9.47 Å². The van der Waals surface area contributed by atoms with Crippen LogP contribution in [0.15, 0.2) is 36.4 Å². The fourth-order valence-corrected chi connectivity index (χ4v) is 2.85. The molecular weight excluding hydrogens is 276 g/mol. The lowest BCUT2D eigenvalue weighted by Gasteiger charge is -2.09. The van der Waals surface area contributed by atoms with Crippen LogP contribution in [0.2, 0.25) is 0 Å². The summed E-state index contributed by atoms with van der Waals surface area (Å²) in [7, 11) is 0. The van der Waals surface area contributed by atoms with Crippen molar-refractivity contribution in [1.82, 2.24) is 9.55 Å². The molecule has 1 aliphatic rings. The molecule has 0 saturated carbocycles. The molecule has 111 valence electrons. The monoisotopic (exact) mass is 293 g/mol. The van der Waals surface area contributed by atoms with Crippen LogP contribution in [0.25, 0.3) is 16.7 Å². The van der Waals surface area contributed by atoms with Gasteiger partial charge in [-0.2, -0.15) is 0 Å². The maximum absolute atomic E-state index is 5.51. The molecule has 1 radical (unpaired) electrons. The quantitative estimate of drug-likeness (QED) is 0.739. The summed E-state index contributed by atoms with van der Waals surface area (Å²) < 4.78 is 13.1. The third kappa shape index (κ3) is 1.95. The molecule has 1 aromatic heterocycles. The molecule has 0 bridgehead atoms. The van der Waals surface area contributed by atoms with E-state index in [-0.39, 0.29) is 6.79 Å². The number of nitrogens with zero attached hydrogens (tertiary/aromatic N) is 2. The van der Waals surface area contributed by atoms with Gasteiger partial charge in [0, 0.05) is 24.2 Å². The van der Waals surface area contributed by atoms with Crippen molar-refractivity contribution in [1.29, 1.82) is 0 Å². The maximum Gasteiger partial charge on any atom is 0.231 e. The first-order valence-electron chi connectivity index (χ1n) is 7.49. The average Bonchev–Trinajstić information content (AvgIpc) is 3.15. The summed E-state index contributed by atoms with van der Waals surface area (Å²) >= 11 is 0. The molecule has 22 heavy (non-hydrogen) atoms. The Kier molecular flexibility index (Phi) is 3.03. The van der Waals surface area contributed by atoms with Gasteiger partial charge in [0.25, 0.3) is 0 Å². The van der Waals surface area contributed by atoms with Gasteiger partial charge in [-0.25, -0.2) is 4.98 Å². The van der Waals surface area contributed by atoms with Gasteiger partial charge in [-0.05, 0) is 31.0 Å². The largest absolute Gasteiger partial charge is 0.454 e. The Balaban J connectivity index is 1.94. The number of imidazole rings is 1. The highest BCUT2D eigenvalue weighted by Gasteiger charge is 2.19. The molecule has 0 amide bonds. The molecule has 2 aromatic carbocycles. The van der Waals surface area contributed by atoms with E-state index >= 15 is 0 Å². The van der Waals surface area contributed by atoms with E-state index < -0.39 is 0 Å². The molecule has 0 saturated heterocycles. The van der Waals surface area contributed by atoms with E-state index in [0.29, 0.717) is 0 Å². The zero-order chi connectivity index (χ0) is 15.1. The molecule has 4 nitrogen and oxygen atoms in total. The summed E-state index contributed by atoms with van der Waals surface area (Å²) in [6.07, 6.45) is 1.66. The van der Waals surface area contributed by atoms with Gasteiger partial charge in [-0.3, -0.25) is 4.57 Å². The van der Waals surface area contributed by atoms with Crippen molar-refractivity contribution < 1.29 is 9.47 Å². The SMILES string of the molecule is [CH2]Cc1ccc(-n2c(CC)nc3cc4c(cc32)OCO4)cc1. The Morgan fingerprint density at radius 2 is 1.86 bits per heavy atom. The summed E-state index contributed by atoms with van der Waals surface area (Å²) in [6, 6.07) is 12.4. The number of benzene rings is 2. The highest BCUT2D eigenvalue weighted by molar-refractivity contribution is 5.82. The van der Waals surface area contributed by atoms with Crippen LogP contribution in [0.4, 0.5) is 0 Å². The van der Waals surface area contributed by atoms with Crippen LogP contribution in [-0.2, 0) is 12.8 Å². The number of fused-ring (bicyclic) bond motifs is 2. The van der Waals surface area contributed by atoms with Gasteiger partial charge in [0.15, 0.2) is 11.5 Å². The van der Waals surface area contributed by atoms with Gasteiger partial charge in [0.2, 0.25) is 6.79 Å². The van der Waals surface area contributed by atoms with Crippen LogP contribution >= 0.6 is 0 Å². The van der Waals surface area contributed by atoms with Crippen LogP contribution in [0.1, 0.15) is 18.3 Å². The molecule has 4 heteroatoms. The summed E-state index contributed by atoms with van der Waals surface area (Å²) in [4.78, 5) is 4.74. The number of aromatic nitrogens is 2. The smallest absolute Gasteiger partial charge is 0.231 e. The second-order valence-electron chi connectivity index (χ2n) is 5.33. The summed E-state index contributed by atoms with van der Waals surface area (Å²) in [5.41, 5.74) is 4.31. The number of hydrogen-bond donors (Lipinski definition) is 0. The molecule has 0 unspecified atom stereocenters. The minimum Gasteiger partial charge on any atom is -0.454 e. The predicted octanol–water partition coefficient (Wildman–Crippen LogP) is 3.69. The van der Waals surface area contributed by atoms with Crippen LogP contribution in [-0.4, -0.2) is 16.3 Å². The Labute approximate surface area is 129 Å². The lowest BCUT2D eigenvalue weighted by molar-refractivity contribution is 0.174. The molecular formula is C18H17N2O2. The Morgan fingerprint density at radius 1 is 1.14 bits per heavy atom. The highest BCUT2D eigenvalue weighted by atomic mass is 16.7. The molecule has 0 atom stereocenters. The zero-order valence-electron chi connectivity index (χ0n) is 12.5. The molecule has 2 heterocycles. The first kappa shape index (κ1) is 13.2. The first-order chi connectivity index (χ1) is 10.8. The molecule has 0 N–H and O–H groups in total. The topological polar surface area (TPSA) is 36.3 Å².